The van der Waals surface area contributed by atoms with Crippen molar-refractivity contribution < 1.29 is 19.1 Å². The molecule has 2 aromatic heterocycles. The van der Waals surface area contributed by atoms with Gasteiger partial charge in [0.2, 0.25) is 0 Å². The molecule has 7 N–H and O–H groups in total. The molecule has 4 aliphatic heterocycles. The fourth-order valence-electron chi connectivity index (χ4n) is 10.3. The summed E-state index contributed by atoms with van der Waals surface area (Å²) in [5.41, 5.74) is 20.1. The average molecular weight is 927 g/mol. The summed E-state index contributed by atoms with van der Waals surface area (Å²) in [5, 5.41) is 9.30. The van der Waals surface area contributed by atoms with Crippen LogP contribution < -0.4 is 37.2 Å². The SMILES string of the molecule is CC(C)(C)OC(=O)N1Cc2ccccc2C2(CCN(c3ccc(C(=O)Nc4ccccc4N)cn3)CC2)C1.Nc1ccccc1NC(=O)c1ccc(N2CCC3(CC2)CNCc2ccccc23)nc1. The fraction of sp³-hybridized carbons (Fsp3) is 0.327. The van der Waals surface area contributed by atoms with Gasteiger partial charge in [-0.05, 0) is 117 Å². The number of nitrogens with one attached hydrogen (secondary N) is 3. The van der Waals surface area contributed by atoms with Gasteiger partial charge >= 0.3 is 6.09 Å². The number of aromatic nitrogens is 2. The number of rotatable bonds is 6. The van der Waals surface area contributed by atoms with Gasteiger partial charge in [0.15, 0.2) is 0 Å². The number of nitrogens with two attached hydrogens (primary N) is 2. The highest BCUT2D eigenvalue weighted by Crippen LogP contribution is 2.43. The minimum atomic E-state index is -0.535. The van der Waals surface area contributed by atoms with E-state index in [1.54, 1.807) is 42.7 Å². The zero-order valence-electron chi connectivity index (χ0n) is 39.7. The normalized spacial score (nSPS) is 16.9. The van der Waals surface area contributed by atoms with Crippen molar-refractivity contribution in [2.45, 2.75) is 76.0 Å². The molecule has 69 heavy (non-hydrogen) atoms. The number of nitrogens with zero attached hydrogens (tertiary/aromatic N) is 5. The van der Waals surface area contributed by atoms with Crippen LogP contribution in [0, 0.1) is 0 Å². The summed E-state index contributed by atoms with van der Waals surface area (Å²) in [4.78, 5) is 53.8. The highest BCUT2D eigenvalue weighted by atomic mass is 16.6. The number of hydrogen-bond donors (Lipinski definition) is 5. The zero-order valence-corrected chi connectivity index (χ0v) is 39.7. The van der Waals surface area contributed by atoms with E-state index >= 15 is 0 Å². The molecule has 0 bridgehead atoms. The first kappa shape index (κ1) is 46.7. The van der Waals surface area contributed by atoms with E-state index in [1.807, 2.05) is 74.2 Å². The van der Waals surface area contributed by atoms with Gasteiger partial charge in [0.25, 0.3) is 11.8 Å². The number of para-hydroxylation sites is 4. The number of ether oxygens (including phenoxy) is 1. The molecule has 6 heterocycles. The molecule has 2 spiro atoms. The van der Waals surface area contributed by atoms with E-state index in [0.29, 0.717) is 47.0 Å². The number of amides is 3. The lowest BCUT2D eigenvalue weighted by Crippen LogP contribution is -2.54. The van der Waals surface area contributed by atoms with Crippen molar-refractivity contribution in [3.8, 4) is 0 Å². The van der Waals surface area contributed by atoms with Crippen molar-refractivity contribution in [2.24, 2.45) is 0 Å². The Kier molecular flexibility index (Phi) is 13.3. The van der Waals surface area contributed by atoms with Gasteiger partial charge in [-0.2, -0.15) is 0 Å². The number of fused-ring (bicyclic) bond motifs is 4. The molecule has 2 fully saturated rings. The van der Waals surface area contributed by atoms with Crippen molar-refractivity contribution in [1.82, 2.24) is 20.2 Å². The van der Waals surface area contributed by atoms with Crippen molar-refractivity contribution in [2.75, 3.05) is 71.2 Å². The number of nitrogen functional groups attached to an aromatic ring is 2. The van der Waals surface area contributed by atoms with Crippen molar-refractivity contribution in [3.05, 3.63) is 167 Å². The maximum Gasteiger partial charge on any atom is 0.410 e. The summed E-state index contributed by atoms with van der Waals surface area (Å²) >= 11 is 0. The molecule has 4 aliphatic rings. The third-order valence-corrected chi connectivity index (χ3v) is 14.0. The van der Waals surface area contributed by atoms with Crippen LogP contribution in [0.3, 0.4) is 0 Å². The minimum Gasteiger partial charge on any atom is -0.444 e. The topological polar surface area (TPSA) is 184 Å². The second kappa shape index (κ2) is 19.6. The van der Waals surface area contributed by atoms with Gasteiger partial charge in [0.05, 0.1) is 33.9 Å². The van der Waals surface area contributed by atoms with E-state index in [1.165, 1.54) is 22.3 Å². The predicted octanol–water partition coefficient (Wildman–Crippen LogP) is 8.76. The Labute approximate surface area is 404 Å². The van der Waals surface area contributed by atoms with Crippen molar-refractivity contribution >= 4 is 52.3 Å². The second-order valence-corrected chi connectivity index (χ2v) is 19.7. The first-order valence-corrected chi connectivity index (χ1v) is 23.9. The van der Waals surface area contributed by atoms with Gasteiger partial charge in [-0.3, -0.25) is 9.59 Å². The molecular formula is C55H62N10O4. The van der Waals surface area contributed by atoms with E-state index in [-0.39, 0.29) is 28.7 Å². The van der Waals surface area contributed by atoms with Crippen LogP contribution in [0.2, 0.25) is 0 Å². The Balaban J connectivity index is 0.000000175. The molecule has 0 aliphatic carbocycles. The summed E-state index contributed by atoms with van der Waals surface area (Å²) in [7, 11) is 0. The number of anilines is 6. The van der Waals surface area contributed by atoms with Crippen LogP contribution in [-0.2, 0) is 28.7 Å². The fourth-order valence-corrected chi connectivity index (χ4v) is 10.3. The number of carbonyl (C=O) groups is 3. The molecule has 2 saturated heterocycles. The van der Waals surface area contributed by atoms with Gasteiger partial charge in [-0.15, -0.1) is 0 Å². The third-order valence-electron chi connectivity index (χ3n) is 14.0. The van der Waals surface area contributed by atoms with E-state index in [0.717, 1.165) is 76.6 Å². The Morgan fingerprint density at radius 3 is 1.57 bits per heavy atom. The lowest BCUT2D eigenvalue weighted by molar-refractivity contribution is 0.0142. The molecule has 0 radical (unpaired) electrons. The molecule has 356 valence electrons. The van der Waals surface area contributed by atoms with Crippen LogP contribution in [-0.4, -0.2) is 77.6 Å². The first-order valence-electron chi connectivity index (χ1n) is 23.9. The molecule has 0 atom stereocenters. The summed E-state index contributed by atoms with van der Waals surface area (Å²) in [5.74, 6) is 1.30. The summed E-state index contributed by atoms with van der Waals surface area (Å²) in [6.07, 6.45) is 6.95. The summed E-state index contributed by atoms with van der Waals surface area (Å²) < 4.78 is 5.72. The van der Waals surface area contributed by atoms with Crippen LogP contribution >= 0.6 is 0 Å². The van der Waals surface area contributed by atoms with E-state index in [9.17, 15) is 14.4 Å². The molecule has 3 amide bonds. The Morgan fingerprint density at radius 1 is 0.609 bits per heavy atom. The smallest absolute Gasteiger partial charge is 0.410 e. The van der Waals surface area contributed by atoms with Gasteiger partial charge in [-0.25, -0.2) is 14.8 Å². The van der Waals surface area contributed by atoms with Crippen molar-refractivity contribution in [1.29, 1.82) is 0 Å². The molecule has 14 heteroatoms. The Bertz CT molecular complexity index is 2790. The lowest BCUT2D eigenvalue weighted by atomic mass is 9.69. The van der Waals surface area contributed by atoms with Gasteiger partial charge < -0.3 is 46.9 Å². The van der Waals surface area contributed by atoms with Crippen LogP contribution in [0.25, 0.3) is 0 Å². The standard InChI is InChI=1S/C30H35N5O3.C25H27N5O/c1-29(2,3)38-28(37)35-19-22-8-4-5-9-23(22)30(20-35)14-16-34(17-15-30)26-13-12-21(18-32-26)27(36)33-25-11-7-6-10-24(25)31;26-21-7-3-4-8-22(21)29-24(31)19-9-10-23(28-16-19)30-13-11-25(12-14-30)17-27-15-18-5-1-2-6-20(18)25/h4-13,18H,14-17,19-20,31H2,1-3H3,(H,33,36);1-10,16,27H,11-15,17,26H2,(H,29,31). The molecular weight excluding hydrogens is 865 g/mol. The third kappa shape index (κ3) is 10.4. The van der Waals surface area contributed by atoms with E-state index < -0.39 is 5.60 Å². The molecule has 0 unspecified atom stereocenters. The second-order valence-electron chi connectivity index (χ2n) is 19.7. The maximum absolute atomic E-state index is 13.0. The predicted molar refractivity (Wildman–Crippen MR) is 274 cm³/mol. The van der Waals surface area contributed by atoms with E-state index in [4.69, 9.17) is 16.2 Å². The minimum absolute atomic E-state index is 0.127. The number of hydrogen-bond acceptors (Lipinski definition) is 11. The maximum atomic E-state index is 13.0. The lowest BCUT2D eigenvalue weighted by Gasteiger charge is -2.48. The molecule has 6 aromatic rings. The highest BCUT2D eigenvalue weighted by molar-refractivity contribution is 6.06. The van der Waals surface area contributed by atoms with Crippen molar-refractivity contribution in [3.63, 3.8) is 0 Å². The Morgan fingerprint density at radius 2 is 1.07 bits per heavy atom. The van der Waals surface area contributed by atoms with E-state index in [2.05, 4.69) is 78.2 Å². The highest BCUT2D eigenvalue weighted by Gasteiger charge is 2.44. The van der Waals surface area contributed by atoms with Crippen LogP contribution in [0.15, 0.2) is 134 Å². The Hall–Kier alpha value is -7.45. The van der Waals surface area contributed by atoms with Crippen LogP contribution in [0.5, 0.6) is 0 Å². The quantitative estimate of drug-likeness (QED) is 0.101. The van der Waals surface area contributed by atoms with Crippen LogP contribution in [0.1, 0.15) is 89.4 Å². The number of carbonyl (C=O) groups excluding carboxylic acids is 3. The first-order chi connectivity index (χ1) is 33.3. The summed E-state index contributed by atoms with van der Waals surface area (Å²) in [6.45, 7) is 12.4. The monoisotopic (exact) mass is 926 g/mol. The molecule has 14 nitrogen and oxygen atoms in total. The van der Waals surface area contributed by atoms with Gasteiger partial charge in [-0.1, -0.05) is 72.8 Å². The number of piperidine rings is 2. The molecule has 0 saturated carbocycles. The van der Waals surface area contributed by atoms with Gasteiger partial charge in [0.1, 0.15) is 17.2 Å². The summed E-state index contributed by atoms with van der Waals surface area (Å²) in [6, 6.07) is 39.1. The van der Waals surface area contributed by atoms with Crippen LogP contribution in [0.4, 0.5) is 39.2 Å². The number of benzene rings is 4. The largest absolute Gasteiger partial charge is 0.444 e. The molecule has 4 aromatic carbocycles. The molecule has 10 rings (SSSR count). The average Bonchev–Trinajstić information content (AvgIpc) is 3.36. The zero-order chi connectivity index (χ0) is 48.2. The number of pyridine rings is 2. The van der Waals surface area contributed by atoms with Gasteiger partial charge in [0, 0.05) is 75.6 Å².